The second kappa shape index (κ2) is 4.52. The van der Waals surface area contributed by atoms with Gasteiger partial charge in [-0.05, 0) is 45.4 Å². The number of fused-ring (bicyclic) bond motifs is 3. The van der Waals surface area contributed by atoms with Crippen molar-refractivity contribution in [3.63, 3.8) is 0 Å². The summed E-state index contributed by atoms with van der Waals surface area (Å²) in [5, 5.41) is 12.4. The maximum atomic E-state index is 4.54. The van der Waals surface area contributed by atoms with E-state index in [-0.39, 0.29) is 0 Å². The van der Waals surface area contributed by atoms with Crippen LogP contribution in [0.4, 0.5) is 0 Å². The lowest BCUT2D eigenvalue weighted by Crippen LogP contribution is -2.38. The summed E-state index contributed by atoms with van der Waals surface area (Å²) in [6, 6.07) is 3.48. The molecule has 2 bridgehead atoms. The second-order valence-corrected chi connectivity index (χ2v) is 6.43. The van der Waals surface area contributed by atoms with Crippen LogP contribution in [-0.4, -0.2) is 31.7 Å². The fraction of sp³-hybridized carbons (Fsp3) is 0.667. The normalized spacial score (nSPS) is 29.2. The number of aryl methyl sites for hydroxylation is 2. The Morgan fingerprint density at radius 2 is 1.95 bits per heavy atom. The van der Waals surface area contributed by atoms with Crippen molar-refractivity contribution in [2.24, 2.45) is 5.92 Å². The quantitative estimate of drug-likeness (QED) is 0.905. The molecule has 4 rings (SSSR count). The minimum Gasteiger partial charge on any atom is -0.311 e. The van der Waals surface area contributed by atoms with Gasteiger partial charge in [0.05, 0.1) is 0 Å². The summed E-state index contributed by atoms with van der Waals surface area (Å²) >= 11 is 0. The highest BCUT2D eigenvalue weighted by molar-refractivity contribution is 5.39. The molecular weight excluding hydrogens is 250 g/mol. The number of hydrogen-bond donors (Lipinski definition) is 1. The Hall–Kier alpha value is -1.49. The zero-order chi connectivity index (χ0) is 13.7. The standard InChI is InChI=1S/C15H21N5/c1-9-5-14-18-19-15(20(14)10(2)16-9)8-11-6-12-3-4-13(7-11)17-12/h5,11-13,17H,3-4,6-8H2,1-2H3. The first kappa shape index (κ1) is 12.3. The summed E-state index contributed by atoms with van der Waals surface area (Å²) in [6.45, 7) is 4.05. The van der Waals surface area contributed by atoms with Crippen LogP contribution in [0.15, 0.2) is 6.07 Å². The molecule has 1 N–H and O–H groups in total. The maximum absolute atomic E-state index is 4.54. The Labute approximate surface area is 118 Å². The van der Waals surface area contributed by atoms with Crippen LogP contribution in [-0.2, 0) is 6.42 Å². The van der Waals surface area contributed by atoms with Crippen LogP contribution in [0, 0.1) is 19.8 Å². The van der Waals surface area contributed by atoms with E-state index in [2.05, 4.69) is 24.9 Å². The Morgan fingerprint density at radius 3 is 2.70 bits per heavy atom. The molecule has 2 saturated heterocycles. The van der Waals surface area contributed by atoms with Gasteiger partial charge in [-0.1, -0.05) is 0 Å². The smallest absolute Gasteiger partial charge is 0.164 e. The fourth-order valence-corrected chi connectivity index (χ4v) is 4.03. The number of hydrogen-bond acceptors (Lipinski definition) is 4. The van der Waals surface area contributed by atoms with E-state index < -0.39 is 0 Å². The van der Waals surface area contributed by atoms with Gasteiger partial charge in [-0.3, -0.25) is 4.40 Å². The zero-order valence-electron chi connectivity index (χ0n) is 12.1. The van der Waals surface area contributed by atoms with Gasteiger partial charge in [-0.2, -0.15) is 0 Å². The Bertz CT molecular complexity index is 635. The molecule has 2 unspecified atom stereocenters. The van der Waals surface area contributed by atoms with E-state index in [1.165, 1.54) is 25.7 Å². The molecule has 2 fully saturated rings. The van der Waals surface area contributed by atoms with Crippen LogP contribution in [0.25, 0.3) is 5.65 Å². The highest BCUT2D eigenvalue weighted by Crippen LogP contribution is 2.32. The molecule has 4 heterocycles. The zero-order valence-corrected chi connectivity index (χ0v) is 12.1. The molecule has 2 aliphatic rings. The Kier molecular flexibility index (Phi) is 2.77. The van der Waals surface area contributed by atoms with Gasteiger partial charge in [-0.15, -0.1) is 10.2 Å². The SMILES string of the molecule is Cc1cc2nnc(CC3CC4CCC(C3)N4)n2c(C)n1. The van der Waals surface area contributed by atoms with E-state index in [1.807, 2.05) is 19.9 Å². The first-order valence-electron chi connectivity index (χ1n) is 7.63. The second-order valence-electron chi connectivity index (χ2n) is 6.43. The molecule has 2 aromatic heterocycles. The third-order valence-corrected chi connectivity index (χ3v) is 4.80. The first-order chi connectivity index (χ1) is 9.69. The van der Waals surface area contributed by atoms with Gasteiger partial charge in [0.1, 0.15) is 11.6 Å². The minimum absolute atomic E-state index is 0.736. The fourth-order valence-electron chi connectivity index (χ4n) is 4.03. The van der Waals surface area contributed by atoms with Gasteiger partial charge in [0.25, 0.3) is 0 Å². The molecule has 0 aliphatic carbocycles. The van der Waals surface area contributed by atoms with E-state index >= 15 is 0 Å². The van der Waals surface area contributed by atoms with E-state index in [0.29, 0.717) is 0 Å². The summed E-state index contributed by atoms with van der Waals surface area (Å²) in [5.74, 6) is 2.81. The molecule has 0 radical (unpaired) electrons. The molecule has 0 saturated carbocycles. The van der Waals surface area contributed by atoms with Gasteiger partial charge in [0.2, 0.25) is 0 Å². The summed E-state index contributed by atoms with van der Waals surface area (Å²) in [6.07, 6.45) is 6.29. The highest BCUT2D eigenvalue weighted by Gasteiger charge is 2.34. The van der Waals surface area contributed by atoms with Gasteiger partial charge < -0.3 is 5.32 Å². The van der Waals surface area contributed by atoms with Crippen molar-refractivity contribution in [1.29, 1.82) is 0 Å². The lowest BCUT2D eigenvalue weighted by Gasteiger charge is -2.28. The summed E-state index contributed by atoms with van der Waals surface area (Å²) in [4.78, 5) is 4.54. The number of rotatable bonds is 2. The topological polar surface area (TPSA) is 55.1 Å². The Balaban J connectivity index is 1.63. The van der Waals surface area contributed by atoms with Gasteiger partial charge in [0, 0.05) is 30.3 Å². The average Bonchev–Trinajstić information content (AvgIpc) is 2.93. The highest BCUT2D eigenvalue weighted by atomic mass is 15.3. The van der Waals surface area contributed by atoms with Crippen LogP contribution in [0.3, 0.4) is 0 Å². The van der Waals surface area contributed by atoms with Crippen molar-refractivity contribution in [2.75, 3.05) is 0 Å². The lowest BCUT2D eigenvalue weighted by molar-refractivity contribution is 0.294. The maximum Gasteiger partial charge on any atom is 0.164 e. The first-order valence-corrected chi connectivity index (χ1v) is 7.63. The number of aromatic nitrogens is 4. The molecule has 0 spiro atoms. The van der Waals surface area contributed by atoms with Crippen LogP contribution >= 0.6 is 0 Å². The molecule has 2 atom stereocenters. The average molecular weight is 271 g/mol. The monoisotopic (exact) mass is 271 g/mol. The van der Waals surface area contributed by atoms with E-state index in [0.717, 1.165) is 47.4 Å². The van der Waals surface area contributed by atoms with Crippen LogP contribution in [0.1, 0.15) is 43.0 Å². The predicted molar refractivity (Wildman–Crippen MR) is 76.6 cm³/mol. The van der Waals surface area contributed by atoms with E-state index in [4.69, 9.17) is 0 Å². The molecule has 2 aromatic rings. The molecule has 5 heteroatoms. The number of piperidine rings is 1. The molecule has 20 heavy (non-hydrogen) atoms. The van der Waals surface area contributed by atoms with Crippen molar-refractivity contribution in [2.45, 2.75) is 58.0 Å². The van der Waals surface area contributed by atoms with Crippen LogP contribution in [0.2, 0.25) is 0 Å². The largest absolute Gasteiger partial charge is 0.311 e. The summed E-state index contributed by atoms with van der Waals surface area (Å²) in [5.41, 5.74) is 1.94. The molecular formula is C15H21N5. The third kappa shape index (κ3) is 2.00. The number of nitrogens with zero attached hydrogens (tertiary/aromatic N) is 4. The van der Waals surface area contributed by atoms with Crippen molar-refractivity contribution in [3.8, 4) is 0 Å². The predicted octanol–water partition coefficient (Wildman–Crippen LogP) is 1.81. The van der Waals surface area contributed by atoms with Crippen molar-refractivity contribution in [1.82, 2.24) is 24.9 Å². The molecule has 2 aliphatic heterocycles. The molecule has 0 aromatic carbocycles. The lowest BCUT2D eigenvalue weighted by atomic mass is 9.89. The van der Waals surface area contributed by atoms with Gasteiger partial charge in [-0.25, -0.2) is 4.98 Å². The Morgan fingerprint density at radius 1 is 1.20 bits per heavy atom. The number of nitrogens with one attached hydrogen (secondary N) is 1. The summed E-state index contributed by atoms with van der Waals surface area (Å²) < 4.78 is 2.12. The minimum atomic E-state index is 0.736. The summed E-state index contributed by atoms with van der Waals surface area (Å²) in [7, 11) is 0. The van der Waals surface area contributed by atoms with Crippen LogP contribution < -0.4 is 5.32 Å². The molecule has 5 nitrogen and oxygen atoms in total. The van der Waals surface area contributed by atoms with Crippen LogP contribution in [0.5, 0.6) is 0 Å². The molecule has 106 valence electrons. The third-order valence-electron chi connectivity index (χ3n) is 4.80. The van der Waals surface area contributed by atoms with Crippen molar-refractivity contribution < 1.29 is 0 Å². The van der Waals surface area contributed by atoms with E-state index in [9.17, 15) is 0 Å². The van der Waals surface area contributed by atoms with Gasteiger partial charge in [0.15, 0.2) is 5.65 Å². The molecule has 0 amide bonds. The van der Waals surface area contributed by atoms with Gasteiger partial charge >= 0.3 is 0 Å². The van der Waals surface area contributed by atoms with Crippen molar-refractivity contribution >= 4 is 5.65 Å². The van der Waals surface area contributed by atoms with Crippen molar-refractivity contribution in [3.05, 3.63) is 23.4 Å². The van der Waals surface area contributed by atoms with E-state index in [1.54, 1.807) is 0 Å².